The van der Waals surface area contributed by atoms with Crippen LogP contribution in [0.1, 0.15) is 23.5 Å². The van der Waals surface area contributed by atoms with Crippen LogP contribution in [0.15, 0.2) is 35.8 Å². The van der Waals surface area contributed by atoms with Crippen molar-refractivity contribution in [2.75, 3.05) is 6.54 Å². The first-order valence-corrected chi connectivity index (χ1v) is 6.54. The summed E-state index contributed by atoms with van der Waals surface area (Å²) in [6.45, 7) is 3.03. The Balaban J connectivity index is 1.81. The predicted octanol–water partition coefficient (Wildman–Crippen LogP) is 2.74. The van der Waals surface area contributed by atoms with E-state index in [1.165, 1.54) is 5.56 Å². The average molecular weight is 248 g/mol. The zero-order valence-electron chi connectivity index (χ0n) is 9.76. The van der Waals surface area contributed by atoms with E-state index in [1.807, 2.05) is 23.7 Å². The van der Waals surface area contributed by atoms with Crippen molar-refractivity contribution in [3.63, 3.8) is 0 Å². The largest absolute Gasteiger partial charge is 0.508 e. The van der Waals surface area contributed by atoms with Crippen LogP contribution in [0, 0.1) is 0 Å². The maximum absolute atomic E-state index is 9.21. The lowest BCUT2D eigenvalue weighted by Gasteiger charge is -2.13. The van der Waals surface area contributed by atoms with E-state index in [4.69, 9.17) is 0 Å². The van der Waals surface area contributed by atoms with Crippen molar-refractivity contribution in [2.45, 2.75) is 19.4 Å². The van der Waals surface area contributed by atoms with Crippen LogP contribution in [-0.2, 0) is 6.42 Å². The van der Waals surface area contributed by atoms with Crippen molar-refractivity contribution in [2.24, 2.45) is 0 Å². The minimum absolute atomic E-state index is 0.288. The fraction of sp³-hybridized carbons (Fsp3) is 0.308. The van der Waals surface area contributed by atoms with E-state index in [-0.39, 0.29) is 6.04 Å². The highest BCUT2D eigenvalue weighted by Gasteiger charge is 2.04. The Morgan fingerprint density at radius 1 is 1.35 bits per heavy atom. The maximum atomic E-state index is 9.21. The summed E-state index contributed by atoms with van der Waals surface area (Å²) in [4.78, 5) is 4.24. The molecule has 0 aliphatic rings. The van der Waals surface area contributed by atoms with Crippen molar-refractivity contribution in [3.8, 4) is 5.75 Å². The van der Waals surface area contributed by atoms with Crippen LogP contribution in [0.2, 0.25) is 0 Å². The second-order valence-electron chi connectivity index (χ2n) is 3.94. The highest BCUT2D eigenvalue weighted by atomic mass is 32.1. The van der Waals surface area contributed by atoms with E-state index < -0.39 is 0 Å². The quantitative estimate of drug-likeness (QED) is 0.855. The summed E-state index contributed by atoms with van der Waals surface area (Å²) in [5.41, 5.74) is 1.18. The number of phenolic OH excluding ortho intramolecular Hbond substituents is 1. The smallest absolute Gasteiger partial charge is 0.115 e. The fourth-order valence-electron chi connectivity index (χ4n) is 1.65. The molecule has 2 N–H and O–H groups in total. The van der Waals surface area contributed by atoms with Crippen molar-refractivity contribution < 1.29 is 5.11 Å². The molecule has 0 aliphatic carbocycles. The number of benzene rings is 1. The van der Waals surface area contributed by atoms with Gasteiger partial charge in [-0.2, -0.15) is 0 Å². The molecule has 1 aromatic heterocycles. The molecule has 0 saturated heterocycles. The van der Waals surface area contributed by atoms with Crippen LogP contribution < -0.4 is 5.32 Å². The van der Waals surface area contributed by atoms with Crippen molar-refractivity contribution in [3.05, 3.63) is 46.4 Å². The van der Waals surface area contributed by atoms with Gasteiger partial charge in [0.15, 0.2) is 0 Å². The minimum atomic E-state index is 0.288. The number of aromatic nitrogens is 1. The molecule has 1 atom stereocenters. The Labute approximate surface area is 105 Å². The number of nitrogens with one attached hydrogen (secondary N) is 1. The highest BCUT2D eigenvalue weighted by Crippen LogP contribution is 2.16. The third kappa shape index (κ3) is 3.54. The van der Waals surface area contributed by atoms with Gasteiger partial charge in [0.25, 0.3) is 0 Å². The van der Waals surface area contributed by atoms with Crippen LogP contribution in [0.25, 0.3) is 0 Å². The van der Waals surface area contributed by atoms with E-state index >= 15 is 0 Å². The van der Waals surface area contributed by atoms with Crippen molar-refractivity contribution in [1.29, 1.82) is 0 Å². The predicted molar refractivity (Wildman–Crippen MR) is 70.3 cm³/mol. The Hall–Kier alpha value is -1.39. The van der Waals surface area contributed by atoms with Crippen LogP contribution in [0.4, 0.5) is 0 Å². The standard InChI is InChI=1S/C13H16N2OS/c1-10(11-2-4-12(16)5-3-11)14-7-6-13-15-8-9-17-13/h2-5,8-10,14,16H,6-7H2,1H3. The summed E-state index contributed by atoms with van der Waals surface area (Å²) in [6.07, 6.45) is 2.80. The lowest BCUT2D eigenvalue weighted by molar-refractivity contribution is 0.474. The number of thiazole rings is 1. The number of phenols is 1. The molecule has 2 aromatic rings. The molecular weight excluding hydrogens is 232 g/mol. The Kier molecular flexibility index (Phi) is 4.12. The first kappa shape index (κ1) is 12.1. The average Bonchev–Trinajstić information content (AvgIpc) is 2.83. The maximum Gasteiger partial charge on any atom is 0.115 e. The van der Waals surface area contributed by atoms with Crippen molar-refractivity contribution in [1.82, 2.24) is 10.3 Å². The molecule has 0 bridgehead atoms. The molecule has 0 amide bonds. The number of aromatic hydroxyl groups is 1. The van der Waals surface area contributed by atoms with E-state index in [0.717, 1.165) is 18.0 Å². The lowest BCUT2D eigenvalue weighted by Crippen LogP contribution is -2.21. The monoisotopic (exact) mass is 248 g/mol. The zero-order valence-corrected chi connectivity index (χ0v) is 10.6. The zero-order chi connectivity index (χ0) is 12.1. The van der Waals surface area contributed by atoms with Gasteiger partial charge in [-0.1, -0.05) is 12.1 Å². The molecule has 2 rings (SSSR count). The molecule has 0 radical (unpaired) electrons. The summed E-state index contributed by atoms with van der Waals surface area (Å²) in [5.74, 6) is 0.309. The lowest BCUT2D eigenvalue weighted by atomic mass is 10.1. The highest BCUT2D eigenvalue weighted by molar-refractivity contribution is 7.09. The SMILES string of the molecule is CC(NCCc1nccs1)c1ccc(O)cc1. The van der Waals surface area contributed by atoms with Crippen LogP contribution in [0.5, 0.6) is 5.75 Å². The molecule has 1 aromatic carbocycles. The van der Waals surface area contributed by atoms with E-state index in [0.29, 0.717) is 5.75 Å². The van der Waals surface area contributed by atoms with Gasteiger partial charge < -0.3 is 10.4 Å². The summed E-state index contributed by atoms with van der Waals surface area (Å²) in [5, 5.41) is 15.8. The van der Waals surface area contributed by atoms with Gasteiger partial charge >= 0.3 is 0 Å². The fourth-order valence-corrected chi connectivity index (χ4v) is 2.27. The molecular formula is C13H16N2OS. The van der Waals surface area contributed by atoms with Gasteiger partial charge in [-0.3, -0.25) is 0 Å². The van der Waals surface area contributed by atoms with Gasteiger partial charge in [-0.15, -0.1) is 11.3 Å². The third-order valence-corrected chi connectivity index (χ3v) is 3.51. The number of rotatable bonds is 5. The molecule has 17 heavy (non-hydrogen) atoms. The second kappa shape index (κ2) is 5.80. The second-order valence-corrected chi connectivity index (χ2v) is 4.92. The van der Waals surface area contributed by atoms with Gasteiger partial charge in [0.05, 0.1) is 5.01 Å². The molecule has 4 heteroatoms. The van der Waals surface area contributed by atoms with Gasteiger partial charge in [0.1, 0.15) is 5.75 Å². The first-order valence-electron chi connectivity index (χ1n) is 5.66. The Bertz CT molecular complexity index is 439. The van der Waals surface area contributed by atoms with Gasteiger partial charge in [0.2, 0.25) is 0 Å². The Morgan fingerprint density at radius 2 is 2.12 bits per heavy atom. The van der Waals surface area contributed by atoms with E-state index in [2.05, 4.69) is 17.2 Å². The molecule has 90 valence electrons. The number of nitrogens with zero attached hydrogens (tertiary/aromatic N) is 1. The normalized spacial score (nSPS) is 12.5. The topological polar surface area (TPSA) is 45.2 Å². The molecule has 3 nitrogen and oxygen atoms in total. The van der Waals surface area contributed by atoms with Crippen LogP contribution in [0.3, 0.4) is 0 Å². The summed E-state index contributed by atoms with van der Waals surface area (Å²) in [6, 6.07) is 7.60. The number of hydrogen-bond acceptors (Lipinski definition) is 4. The molecule has 0 saturated carbocycles. The van der Waals surface area contributed by atoms with Gasteiger partial charge in [0, 0.05) is 30.6 Å². The van der Waals surface area contributed by atoms with E-state index in [9.17, 15) is 5.11 Å². The summed E-state index contributed by atoms with van der Waals surface area (Å²) in [7, 11) is 0. The van der Waals surface area contributed by atoms with Crippen LogP contribution in [-0.4, -0.2) is 16.6 Å². The first-order chi connectivity index (χ1) is 8.25. The van der Waals surface area contributed by atoms with Gasteiger partial charge in [-0.25, -0.2) is 4.98 Å². The molecule has 1 unspecified atom stereocenters. The Morgan fingerprint density at radius 3 is 2.76 bits per heavy atom. The number of hydrogen-bond donors (Lipinski definition) is 2. The molecule has 1 heterocycles. The summed E-state index contributed by atoms with van der Waals surface area (Å²) >= 11 is 1.69. The van der Waals surface area contributed by atoms with E-state index in [1.54, 1.807) is 23.5 Å². The summed E-state index contributed by atoms with van der Waals surface area (Å²) < 4.78 is 0. The van der Waals surface area contributed by atoms with Gasteiger partial charge in [-0.05, 0) is 24.6 Å². The molecule has 0 spiro atoms. The minimum Gasteiger partial charge on any atom is -0.508 e. The molecule has 0 aliphatic heterocycles. The third-order valence-electron chi connectivity index (χ3n) is 2.67. The molecule has 0 fully saturated rings. The van der Waals surface area contributed by atoms with Crippen molar-refractivity contribution >= 4 is 11.3 Å². The van der Waals surface area contributed by atoms with Crippen LogP contribution >= 0.6 is 11.3 Å².